The predicted octanol–water partition coefficient (Wildman–Crippen LogP) is 9.91. The number of ether oxygens (including phenoxy) is 1. The molecule has 49 heavy (non-hydrogen) atoms. The summed E-state index contributed by atoms with van der Waals surface area (Å²) in [4.78, 5) is 0. The van der Waals surface area contributed by atoms with Crippen LogP contribution in [0.15, 0.2) is 12.2 Å². The average Bonchev–Trinajstić information content (AvgIpc) is 3.46. The van der Waals surface area contributed by atoms with Crippen molar-refractivity contribution in [3.63, 3.8) is 0 Å². The highest BCUT2D eigenvalue weighted by atomic mass is 19.5. The first-order valence-electron chi connectivity index (χ1n) is 12.8. The number of rotatable bonds is 10. The second-order valence-corrected chi connectivity index (χ2v) is 11.6. The monoisotopic (exact) mass is 782 g/mol. The lowest BCUT2D eigenvalue weighted by atomic mass is 9.67. The molecule has 0 amide bonds. The standard InChI is InChI=1S/C23H18F24O2/c1-8(6-12(48,16(26,27)22(42,43)44)14(24,18(30,31)32)19(33,34)35)7-13(17(28,29)23(45,46)47,15(25,20(36,37)38)21(39,40)41)49-11-5-9-2-3-10(11)4-9/h2-3,8-11,48H,4-7H2,1H3. The number of hydrogen-bond donors (Lipinski definition) is 1. The van der Waals surface area contributed by atoms with Gasteiger partial charge in [-0.25, -0.2) is 8.78 Å². The van der Waals surface area contributed by atoms with E-state index >= 15 is 13.2 Å². The first-order valence-corrected chi connectivity index (χ1v) is 12.8. The number of aliphatic hydroxyl groups is 1. The van der Waals surface area contributed by atoms with Gasteiger partial charge in [0.25, 0.3) is 0 Å². The van der Waals surface area contributed by atoms with Crippen LogP contribution in [0.2, 0.25) is 0 Å². The summed E-state index contributed by atoms with van der Waals surface area (Å²) in [5, 5.41) is 9.80. The molecule has 0 aromatic rings. The number of allylic oxidation sites excluding steroid dienone is 1. The Balaban J connectivity index is 3.10. The molecule has 1 saturated carbocycles. The third-order valence-electron chi connectivity index (χ3n) is 8.28. The molecule has 6 atom stereocenters. The Bertz CT molecular complexity index is 1190. The fourth-order valence-electron chi connectivity index (χ4n) is 6.08. The SMILES string of the molecule is CC(CC(O)(C(F)(F)C(F)(F)F)C(F)(C(F)(F)F)C(F)(F)F)CC(OC1CC2C=CC1C2)(C(F)(F)C(F)(F)F)C(F)(C(F)(F)F)C(F)(F)F. The van der Waals surface area contributed by atoms with Gasteiger partial charge in [-0.15, -0.1) is 0 Å². The number of alkyl halides is 24. The minimum atomic E-state index is -8.33. The van der Waals surface area contributed by atoms with E-state index in [0.29, 0.717) is 0 Å². The molecule has 0 radical (unpaired) electrons. The molecule has 6 unspecified atom stereocenters. The normalized spacial score (nSPS) is 25.4. The van der Waals surface area contributed by atoms with E-state index in [1.807, 2.05) is 0 Å². The van der Waals surface area contributed by atoms with Crippen LogP contribution in [0.1, 0.15) is 32.6 Å². The number of fused-ring (bicyclic) bond motifs is 2. The Morgan fingerprint density at radius 1 is 0.531 bits per heavy atom. The molecule has 1 N–H and O–H groups in total. The van der Waals surface area contributed by atoms with E-state index in [1.54, 1.807) is 0 Å². The van der Waals surface area contributed by atoms with Gasteiger partial charge in [0.2, 0.25) is 0 Å². The Kier molecular flexibility index (Phi) is 10.3. The van der Waals surface area contributed by atoms with Crippen molar-refractivity contribution in [3.05, 3.63) is 12.2 Å². The Hall–Kier alpha value is -2.02. The Morgan fingerprint density at radius 2 is 0.918 bits per heavy atom. The van der Waals surface area contributed by atoms with Gasteiger partial charge in [-0.1, -0.05) is 19.1 Å². The fourth-order valence-corrected chi connectivity index (χ4v) is 6.08. The van der Waals surface area contributed by atoms with E-state index in [4.69, 9.17) is 0 Å². The third kappa shape index (κ3) is 6.18. The van der Waals surface area contributed by atoms with Crippen LogP contribution in [0.25, 0.3) is 0 Å². The molecule has 2 aliphatic carbocycles. The van der Waals surface area contributed by atoms with Gasteiger partial charge >= 0.3 is 60.2 Å². The van der Waals surface area contributed by atoms with Gasteiger partial charge in [0.05, 0.1) is 6.10 Å². The topological polar surface area (TPSA) is 29.5 Å². The molecule has 290 valence electrons. The summed E-state index contributed by atoms with van der Waals surface area (Å²) in [5.74, 6) is -23.2. The molecule has 2 bridgehead atoms. The zero-order chi connectivity index (χ0) is 39.3. The number of hydrogen-bond acceptors (Lipinski definition) is 2. The second kappa shape index (κ2) is 11.7. The molecule has 0 heterocycles. The van der Waals surface area contributed by atoms with Gasteiger partial charge < -0.3 is 9.84 Å². The van der Waals surface area contributed by atoms with Crippen LogP contribution in [0.3, 0.4) is 0 Å². The van der Waals surface area contributed by atoms with Crippen LogP contribution >= 0.6 is 0 Å². The van der Waals surface area contributed by atoms with Crippen LogP contribution in [0, 0.1) is 17.8 Å². The molecule has 0 spiro atoms. The Labute approximate surface area is 256 Å². The van der Waals surface area contributed by atoms with Gasteiger partial charge in [-0.05, 0) is 37.5 Å². The molecule has 2 rings (SSSR count). The minimum Gasteiger partial charge on any atom is -0.379 e. The zero-order valence-corrected chi connectivity index (χ0v) is 23.2. The van der Waals surface area contributed by atoms with Crippen LogP contribution in [0.4, 0.5) is 105 Å². The molecule has 26 heteroatoms. The summed E-state index contributed by atoms with van der Waals surface area (Å²) in [5.41, 5.74) is -31.1. The van der Waals surface area contributed by atoms with E-state index in [1.165, 1.54) is 0 Å². The minimum absolute atomic E-state index is 0.510. The number of halogens is 24. The fraction of sp³-hybridized carbons (Fsp3) is 0.913. The highest BCUT2D eigenvalue weighted by Crippen LogP contribution is 2.66. The van der Waals surface area contributed by atoms with Crippen molar-refractivity contribution in [1.82, 2.24) is 0 Å². The summed E-state index contributed by atoms with van der Waals surface area (Å²) in [6.07, 6.45) is -59.2. The first kappa shape index (κ1) is 43.1. The summed E-state index contributed by atoms with van der Waals surface area (Å²) in [7, 11) is 0. The first-order chi connectivity index (χ1) is 21.1. The van der Waals surface area contributed by atoms with Gasteiger partial charge in [0, 0.05) is 5.92 Å². The van der Waals surface area contributed by atoms with Gasteiger partial charge in [-0.3, -0.25) is 0 Å². The van der Waals surface area contributed by atoms with Crippen LogP contribution < -0.4 is 0 Å². The molecule has 2 nitrogen and oxygen atoms in total. The van der Waals surface area contributed by atoms with Crippen molar-refractivity contribution in [3.8, 4) is 0 Å². The predicted molar refractivity (Wildman–Crippen MR) is 110 cm³/mol. The van der Waals surface area contributed by atoms with Crippen molar-refractivity contribution in [2.24, 2.45) is 17.8 Å². The summed E-state index contributed by atoms with van der Waals surface area (Å²) >= 11 is 0. The van der Waals surface area contributed by atoms with Crippen molar-refractivity contribution in [1.29, 1.82) is 0 Å². The Morgan fingerprint density at radius 3 is 1.20 bits per heavy atom. The van der Waals surface area contributed by atoms with Gasteiger partial charge in [-0.2, -0.15) is 96.6 Å². The zero-order valence-electron chi connectivity index (χ0n) is 23.2. The van der Waals surface area contributed by atoms with Crippen LogP contribution in [-0.4, -0.2) is 82.7 Å². The van der Waals surface area contributed by atoms with Gasteiger partial charge in [0.15, 0.2) is 11.2 Å². The molecule has 0 saturated heterocycles. The van der Waals surface area contributed by atoms with Crippen molar-refractivity contribution < 1.29 is 115 Å². The molecular formula is C23H18F24O2. The molecular weight excluding hydrogens is 764 g/mol. The van der Waals surface area contributed by atoms with E-state index in [9.17, 15) is 97.3 Å². The lowest BCUT2D eigenvalue weighted by molar-refractivity contribution is -0.459. The average molecular weight is 782 g/mol. The maximum Gasteiger partial charge on any atom is 0.456 e. The van der Waals surface area contributed by atoms with E-state index < -0.39 is 128 Å². The summed E-state index contributed by atoms with van der Waals surface area (Å²) < 4.78 is 338. The van der Waals surface area contributed by atoms with Crippen LogP contribution in [-0.2, 0) is 4.74 Å². The largest absolute Gasteiger partial charge is 0.456 e. The highest BCUT2D eigenvalue weighted by Gasteiger charge is 2.94. The molecule has 2 aliphatic rings. The van der Waals surface area contributed by atoms with Crippen LogP contribution in [0.5, 0.6) is 0 Å². The molecule has 0 aromatic heterocycles. The second-order valence-electron chi connectivity index (χ2n) is 11.6. The summed E-state index contributed by atoms with van der Waals surface area (Å²) in [6, 6.07) is 0. The quantitative estimate of drug-likeness (QED) is 0.177. The molecule has 0 aromatic carbocycles. The molecule has 1 fully saturated rings. The lowest BCUT2D eigenvalue weighted by Crippen LogP contribution is -2.79. The van der Waals surface area contributed by atoms with Gasteiger partial charge in [0.1, 0.15) is 0 Å². The van der Waals surface area contributed by atoms with Crippen molar-refractivity contribution in [2.45, 2.75) is 110 Å². The maximum absolute atomic E-state index is 15.7. The third-order valence-corrected chi connectivity index (χ3v) is 8.28. The van der Waals surface area contributed by atoms with E-state index in [2.05, 4.69) is 4.74 Å². The van der Waals surface area contributed by atoms with Crippen molar-refractivity contribution in [2.75, 3.05) is 0 Å². The summed E-state index contributed by atoms with van der Waals surface area (Å²) in [6.45, 7) is -0.747. The van der Waals surface area contributed by atoms with E-state index in [-0.39, 0.29) is 0 Å². The lowest BCUT2D eigenvalue weighted by Gasteiger charge is -2.53. The smallest absolute Gasteiger partial charge is 0.379 e. The highest BCUT2D eigenvalue weighted by molar-refractivity contribution is 5.23. The molecule has 0 aliphatic heterocycles. The maximum atomic E-state index is 15.7. The van der Waals surface area contributed by atoms with Crippen molar-refractivity contribution >= 4 is 0 Å². The van der Waals surface area contributed by atoms with E-state index in [0.717, 1.165) is 12.2 Å².